The Hall–Kier alpha value is -3.55. The van der Waals surface area contributed by atoms with Gasteiger partial charge in [-0.15, -0.1) is 0 Å². The molecule has 32 heavy (non-hydrogen) atoms. The van der Waals surface area contributed by atoms with Crippen LogP contribution in [0.4, 0.5) is 8.78 Å². The first-order chi connectivity index (χ1) is 15.5. The van der Waals surface area contributed by atoms with Gasteiger partial charge in [0.1, 0.15) is 0 Å². The average Bonchev–Trinajstić information content (AvgIpc) is 3.21. The molecule has 0 bridgehead atoms. The van der Waals surface area contributed by atoms with Crippen molar-refractivity contribution >= 4 is 11.2 Å². The van der Waals surface area contributed by atoms with Crippen molar-refractivity contribution < 1.29 is 8.78 Å². The summed E-state index contributed by atoms with van der Waals surface area (Å²) in [4.78, 5) is 31.5. The molecule has 164 valence electrons. The third-order valence-electron chi connectivity index (χ3n) is 6.14. The lowest BCUT2D eigenvalue weighted by Gasteiger charge is -2.24. The molecule has 0 atom stereocenters. The van der Waals surface area contributed by atoms with E-state index in [4.69, 9.17) is 0 Å². The molecule has 0 aliphatic heterocycles. The molecule has 0 spiro atoms. The summed E-state index contributed by atoms with van der Waals surface area (Å²) < 4.78 is 31.5. The number of fused-ring (bicyclic) bond motifs is 1. The molecule has 0 N–H and O–H groups in total. The molecule has 4 aromatic rings. The third kappa shape index (κ3) is 3.45. The normalized spacial score (nSPS) is 14.8. The van der Waals surface area contributed by atoms with E-state index in [0.29, 0.717) is 11.3 Å². The zero-order valence-electron chi connectivity index (χ0n) is 17.4. The molecule has 2 heterocycles. The first kappa shape index (κ1) is 20.4. The van der Waals surface area contributed by atoms with Crippen LogP contribution >= 0.6 is 0 Å². The molecule has 0 saturated heterocycles. The van der Waals surface area contributed by atoms with Crippen LogP contribution < -0.4 is 11.2 Å². The maximum atomic E-state index is 13.7. The lowest BCUT2D eigenvalue weighted by molar-refractivity contribution is 0.335. The lowest BCUT2D eigenvalue weighted by atomic mass is 9.95. The molecule has 1 aliphatic rings. The second-order valence-corrected chi connectivity index (χ2v) is 8.21. The number of halogens is 2. The molecule has 1 saturated carbocycles. The van der Waals surface area contributed by atoms with Crippen LogP contribution in [0.15, 0.2) is 64.4 Å². The standard InChI is InChI=1S/C24H22F2N4O2/c25-19-12-11-16(13-20(19)26)14-28-15-27-22-21(28)23(31)30(18-9-5-2-6-10-18)24(32)29(22)17-7-3-1-4-8-17/h1,3-4,7-8,11-13,15,18H,2,5-6,9-10,14H2. The minimum Gasteiger partial charge on any atom is -0.320 e. The Morgan fingerprint density at radius 1 is 0.938 bits per heavy atom. The van der Waals surface area contributed by atoms with E-state index in [1.54, 1.807) is 16.7 Å². The first-order valence-electron chi connectivity index (χ1n) is 10.8. The van der Waals surface area contributed by atoms with E-state index in [1.165, 1.54) is 21.5 Å². The summed E-state index contributed by atoms with van der Waals surface area (Å²) in [5.74, 6) is -1.88. The topological polar surface area (TPSA) is 61.8 Å². The second-order valence-electron chi connectivity index (χ2n) is 8.21. The van der Waals surface area contributed by atoms with Gasteiger partial charge in [-0.05, 0) is 42.7 Å². The lowest BCUT2D eigenvalue weighted by Crippen LogP contribution is -2.43. The van der Waals surface area contributed by atoms with Crippen molar-refractivity contribution in [1.82, 2.24) is 18.7 Å². The number of benzene rings is 2. The maximum absolute atomic E-state index is 13.7. The van der Waals surface area contributed by atoms with Crippen LogP contribution in [-0.4, -0.2) is 18.7 Å². The molecule has 5 rings (SSSR count). The highest BCUT2D eigenvalue weighted by atomic mass is 19.2. The van der Waals surface area contributed by atoms with Gasteiger partial charge in [0.25, 0.3) is 5.56 Å². The van der Waals surface area contributed by atoms with Crippen molar-refractivity contribution in [2.75, 3.05) is 0 Å². The summed E-state index contributed by atoms with van der Waals surface area (Å²) in [6.07, 6.45) is 6.04. The monoisotopic (exact) mass is 436 g/mol. The molecule has 1 fully saturated rings. The van der Waals surface area contributed by atoms with Crippen molar-refractivity contribution in [3.63, 3.8) is 0 Å². The van der Waals surface area contributed by atoms with E-state index in [-0.39, 0.29) is 23.8 Å². The Morgan fingerprint density at radius 3 is 2.41 bits per heavy atom. The van der Waals surface area contributed by atoms with Gasteiger partial charge in [0.15, 0.2) is 22.8 Å². The van der Waals surface area contributed by atoms with Crippen LogP contribution in [0, 0.1) is 11.6 Å². The molecular weight excluding hydrogens is 414 g/mol. The van der Waals surface area contributed by atoms with Gasteiger partial charge < -0.3 is 4.57 Å². The number of imidazole rings is 1. The Morgan fingerprint density at radius 2 is 1.69 bits per heavy atom. The van der Waals surface area contributed by atoms with Crippen LogP contribution in [0.2, 0.25) is 0 Å². The molecule has 2 aromatic heterocycles. The molecular formula is C24H22F2N4O2. The Balaban J connectivity index is 1.75. The van der Waals surface area contributed by atoms with E-state index in [0.717, 1.165) is 44.2 Å². The Kier molecular flexibility index (Phi) is 5.20. The minimum atomic E-state index is -0.951. The number of hydrogen-bond donors (Lipinski definition) is 0. The number of hydrogen-bond acceptors (Lipinski definition) is 3. The number of nitrogens with zero attached hydrogens (tertiary/aromatic N) is 4. The van der Waals surface area contributed by atoms with Gasteiger partial charge in [-0.3, -0.25) is 9.36 Å². The van der Waals surface area contributed by atoms with Crippen molar-refractivity contribution in [3.8, 4) is 5.69 Å². The van der Waals surface area contributed by atoms with Crippen LogP contribution in [0.25, 0.3) is 16.9 Å². The molecule has 0 amide bonds. The highest BCUT2D eigenvalue weighted by Gasteiger charge is 2.25. The fraction of sp³-hybridized carbons (Fsp3) is 0.292. The summed E-state index contributed by atoms with van der Waals surface area (Å²) >= 11 is 0. The summed E-state index contributed by atoms with van der Waals surface area (Å²) in [5, 5.41) is 0. The quantitative estimate of drug-likeness (QED) is 0.482. The Labute approximate surface area is 182 Å². The smallest absolute Gasteiger partial charge is 0.320 e. The van der Waals surface area contributed by atoms with Gasteiger partial charge in [0.05, 0.1) is 12.0 Å². The van der Waals surface area contributed by atoms with E-state index in [2.05, 4.69) is 4.98 Å². The molecule has 6 nitrogen and oxygen atoms in total. The maximum Gasteiger partial charge on any atom is 0.337 e. The minimum absolute atomic E-state index is 0.126. The van der Waals surface area contributed by atoms with E-state index < -0.39 is 22.9 Å². The third-order valence-corrected chi connectivity index (χ3v) is 6.14. The largest absolute Gasteiger partial charge is 0.337 e. The molecule has 1 aliphatic carbocycles. The molecule has 8 heteroatoms. The van der Waals surface area contributed by atoms with Crippen molar-refractivity contribution in [3.05, 3.63) is 92.9 Å². The van der Waals surface area contributed by atoms with Crippen LogP contribution in [0.1, 0.15) is 43.7 Å². The number of aromatic nitrogens is 4. The predicted octanol–water partition coefficient (Wildman–Crippen LogP) is 4.18. The van der Waals surface area contributed by atoms with Crippen LogP contribution in [0.3, 0.4) is 0 Å². The summed E-state index contributed by atoms with van der Waals surface area (Å²) in [6, 6.07) is 12.6. The SMILES string of the molecule is O=c1c2c(ncn2Cc2ccc(F)c(F)c2)n(-c2ccccc2)c(=O)n1C1CCCCC1. The fourth-order valence-corrected chi connectivity index (χ4v) is 4.58. The van der Waals surface area contributed by atoms with Gasteiger partial charge in [0.2, 0.25) is 0 Å². The van der Waals surface area contributed by atoms with Crippen LogP contribution in [0.5, 0.6) is 0 Å². The highest BCUT2D eigenvalue weighted by molar-refractivity contribution is 5.72. The zero-order chi connectivity index (χ0) is 22.2. The Bertz CT molecular complexity index is 1400. The van der Waals surface area contributed by atoms with Crippen molar-refractivity contribution in [2.45, 2.75) is 44.7 Å². The molecule has 2 aromatic carbocycles. The van der Waals surface area contributed by atoms with Gasteiger partial charge in [-0.2, -0.15) is 0 Å². The summed E-state index contributed by atoms with van der Waals surface area (Å²) in [6.45, 7) is 0.126. The molecule has 0 radical (unpaired) electrons. The first-order valence-corrected chi connectivity index (χ1v) is 10.8. The van der Waals surface area contributed by atoms with E-state index in [9.17, 15) is 18.4 Å². The van der Waals surface area contributed by atoms with Crippen LogP contribution in [-0.2, 0) is 6.54 Å². The fourth-order valence-electron chi connectivity index (χ4n) is 4.58. The van der Waals surface area contributed by atoms with Gasteiger partial charge in [-0.1, -0.05) is 43.5 Å². The summed E-state index contributed by atoms with van der Waals surface area (Å²) in [5.41, 5.74) is 0.821. The van der Waals surface area contributed by atoms with Crippen molar-refractivity contribution in [2.24, 2.45) is 0 Å². The number of para-hydroxylation sites is 1. The average molecular weight is 436 g/mol. The van der Waals surface area contributed by atoms with Gasteiger partial charge in [0, 0.05) is 12.6 Å². The summed E-state index contributed by atoms with van der Waals surface area (Å²) in [7, 11) is 0. The van der Waals surface area contributed by atoms with Gasteiger partial charge >= 0.3 is 5.69 Å². The second kappa shape index (κ2) is 8.18. The predicted molar refractivity (Wildman–Crippen MR) is 117 cm³/mol. The van der Waals surface area contributed by atoms with Gasteiger partial charge in [-0.25, -0.2) is 23.1 Å². The number of rotatable bonds is 4. The van der Waals surface area contributed by atoms with Crippen molar-refractivity contribution in [1.29, 1.82) is 0 Å². The van der Waals surface area contributed by atoms with E-state index >= 15 is 0 Å². The zero-order valence-corrected chi connectivity index (χ0v) is 17.4. The van der Waals surface area contributed by atoms with E-state index in [1.807, 2.05) is 18.2 Å². The highest BCUT2D eigenvalue weighted by Crippen LogP contribution is 2.27. The molecule has 0 unspecified atom stereocenters.